The molecule has 0 spiro atoms. The maximum absolute atomic E-state index is 15.0. The highest BCUT2D eigenvalue weighted by Gasteiger charge is 2.25. The molecule has 6 N–H and O–H groups in total. The van der Waals surface area contributed by atoms with E-state index >= 15 is 0 Å². The van der Waals surface area contributed by atoms with Gasteiger partial charge >= 0.3 is 5.97 Å². The van der Waals surface area contributed by atoms with Crippen molar-refractivity contribution < 1.29 is 28.6 Å². The Kier molecular flexibility index (Phi) is 14.8. The molecule has 4 aromatic carbocycles. The van der Waals surface area contributed by atoms with E-state index in [1.807, 2.05) is 104 Å². The second-order valence-corrected chi connectivity index (χ2v) is 18.7. The molecule has 2 bridgehead atoms. The first kappa shape index (κ1) is 49.6. The number of aromatic amines is 3. The van der Waals surface area contributed by atoms with Crippen LogP contribution in [0.25, 0.3) is 66.5 Å². The minimum absolute atomic E-state index is 0.0289. The van der Waals surface area contributed by atoms with Crippen LogP contribution in [0.4, 0.5) is 4.39 Å². The lowest BCUT2D eigenvalue weighted by molar-refractivity contribution is -0.132. The molecule has 1 unspecified atom stereocenters. The number of hydrogen-bond acceptors (Lipinski definition) is 7. The molecule has 9 aromatic rings. The average molecular weight is 984 g/mol. The van der Waals surface area contributed by atoms with Gasteiger partial charge in [-0.15, -0.1) is 10.5 Å². The van der Waals surface area contributed by atoms with Gasteiger partial charge in [0.25, 0.3) is 23.2 Å². The zero-order valence-corrected chi connectivity index (χ0v) is 40.7. The van der Waals surface area contributed by atoms with Crippen LogP contribution in [0.1, 0.15) is 47.4 Å². The summed E-state index contributed by atoms with van der Waals surface area (Å²) in [7, 11) is -0.136. The number of rotatable bonds is 5. The van der Waals surface area contributed by atoms with Gasteiger partial charge in [0.1, 0.15) is 11.4 Å². The van der Waals surface area contributed by atoms with E-state index in [1.165, 1.54) is 12.3 Å². The number of aromatic nitrogens is 4. The van der Waals surface area contributed by atoms with Gasteiger partial charge in [0, 0.05) is 68.1 Å². The first-order valence-electron chi connectivity index (χ1n) is 22.8. The second kappa shape index (κ2) is 21.4. The molecule has 1 atom stereocenters. The summed E-state index contributed by atoms with van der Waals surface area (Å²) >= 11 is 0. The Labute approximate surface area is 413 Å². The number of halogens is 1. The van der Waals surface area contributed by atoms with E-state index < -0.39 is 11.8 Å². The van der Waals surface area contributed by atoms with Crippen molar-refractivity contribution in [2.45, 2.75) is 40.7 Å². The molecular weight excluding hydrogens is 934 g/mol. The molecule has 364 valence electrons. The van der Waals surface area contributed by atoms with Crippen molar-refractivity contribution in [1.82, 2.24) is 24.8 Å². The number of nitrogens with zero attached hydrogens (tertiary/aromatic N) is 1. The third-order valence-corrected chi connectivity index (χ3v) is 14.1. The summed E-state index contributed by atoms with van der Waals surface area (Å²) in [6.07, 6.45) is 13.8. The van der Waals surface area contributed by atoms with Gasteiger partial charge in [-0.25, -0.2) is 9.18 Å². The van der Waals surface area contributed by atoms with Crippen LogP contribution in [0.2, 0.25) is 0 Å². The molecule has 5 aromatic heterocycles. The molecule has 0 aliphatic carbocycles. The average Bonchev–Trinajstić information content (AvgIpc) is 3.98. The Balaban J connectivity index is 0.000000154. The molecule has 0 amide bonds. The Bertz CT molecular complexity index is 3960. The zero-order chi connectivity index (χ0) is 51.2. The number of aliphatic carboxylic acids is 1. The first-order chi connectivity index (χ1) is 34.7. The highest BCUT2D eigenvalue weighted by atomic mass is 32.2. The quantitative estimate of drug-likeness (QED) is 0.0551. The first-order valence-corrected chi connectivity index (χ1v) is 24.5. The Morgan fingerprint density at radius 1 is 0.847 bits per heavy atom. The second-order valence-electron chi connectivity index (χ2n) is 16.9. The number of nitrogens with one attached hydrogen (secondary N) is 4. The SMILES string of the molecule is C/C(C(=O)O)=C1/C2=CC=CN/C2=S(C)\C=C/c2ccc(C)c1c2.CCc1cc2ccccc2[nH]c1=O.Cc1c(-c2ccc[nH]c2=O)c2c3occc3c(F)cc2n1Cc1cc2ccccc2[nH]c1=O.O=CO. The lowest BCUT2D eigenvalue weighted by Gasteiger charge is -2.22. The molecule has 2 aliphatic heterocycles. The van der Waals surface area contributed by atoms with Crippen molar-refractivity contribution >= 4 is 83.2 Å². The van der Waals surface area contributed by atoms with Crippen molar-refractivity contribution in [3.63, 3.8) is 0 Å². The lowest BCUT2D eigenvalue weighted by Crippen LogP contribution is -2.24. The highest BCUT2D eigenvalue weighted by Crippen LogP contribution is 2.40. The van der Waals surface area contributed by atoms with Gasteiger partial charge in [-0.1, -0.05) is 61.5 Å². The maximum atomic E-state index is 15.0. The van der Waals surface area contributed by atoms with Crippen LogP contribution < -0.4 is 22.0 Å². The number of furan rings is 1. The van der Waals surface area contributed by atoms with E-state index in [0.29, 0.717) is 44.1 Å². The van der Waals surface area contributed by atoms with E-state index in [0.717, 1.165) is 72.3 Å². The van der Waals surface area contributed by atoms with Gasteiger partial charge in [0.15, 0.2) is 0 Å². The molecule has 0 saturated heterocycles. The molecule has 11 rings (SSSR count). The van der Waals surface area contributed by atoms with E-state index in [-0.39, 0.29) is 40.2 Å². The summed E-state index contributed by atoms with van der Waals surface area (Å²) in [6, 6.07) is 31.8. The largest absolute Gasteiger partial charge is 0.483 e. The summed E-state index contributed by atoms with van der Waals surface area (Å²) in [5.74, 6) is -1.31. The number of H-pyrrole nitrogens is 3. The summed E-state index contributed by atoms with van der Waals surface area (Å²) in [5, 5.41) is 25.0. The molecule has 15 heteroatoms. The van der Waals surface area contributed by atoms with Crippen LogP contribution in [0.5, 0.6) is 0 Å². The van der Waals surface area contributed by atoms with Gasteiger partial charge in [0.05, 0.1) is 34.1 Å². The van der Waals surface area contributed by atoms with Crippen molar-refractivity contribution in [3.05, 3.63) is 221 Å². The molecule has 0 saturated carbocycles. The van der Waals surface area contributed by atoms with Crippen LogP contribution in [0.3, 0.4) is 0 Å². The molecule has 0 fully saturated rings. The smallest absolute Gasteiger partial charge is 0.331 e. The van der Waals surface area contributed by atoms with Crippen LogP contribution in [-0.4, -0.2) is 53.4 Å². The van der Waals surface area contributed by atoms with Crippen LogP contribution >= 0.6 is 10.5 Å². The predicted molar refractivity (Wildman–Crippen MR) is 288 cm³/mol. The summed E-state index contributed by atoms with van der Waals surface area (Å²) < 4.78 is 22.5. The number of hydrogen-bond donors (Lipinski definition) is 6. The number of fused-ring (bicyclic) bond motifs is 8. The molecule has 2 aliphatic rings. The molecule has 0 radical (unpaired) electrons. The number of dihydropyridines is 1. The van der Waals surface area contributed by atoms with Crippen molar-refractivity contribution in [3.8, 4) is 11.1 Å². The summed E-state index contributed by atoms with van der Waals surface area (Å²) in [4.78, 5) is 66.5. The van der Waals surface area contributed by atoms with E-state index in [4.69, 9.17) is 14.3 Å². The van der Waals surface area contributed by atoms with Crippen LogP contribution in [-0.2, 0) is 22.6 Å². The minimum atomic E-state index is -0.886. The number of aryl methyl sites for hydroxylation is 2. The van der Waals surface area contributed by atoms with Gasteiger partial charge < -0.3 is 39.5 Å². The summed E-state index contributed by atoms with van der Waals surface area (Å²) in [5.41, 5.74) is 10.6. The fourth-order valence-electron chi connectivity index (χ4n) is 8.92. The Morgan fingerprint density at radius 2 is 1.51 bits per heavy atom. The number of carboxylic acid groups (broad SMARTS) is 2. The van der Waals surface area contributed by atoms with Gasteiger partial charge in [-0.3, -0.25) is 19.2 Å². The Hall–Kier alpha value is -8.82. The molecule has 13 nitrogen and oxygen atoms in total. The number of benzene rings is 4. The van der Waals surface area contributed by atoms with Crippen molar-refractivity contribution in [2.75, 3.05) is 6.26 Å². The highest BCUT2D eigenvalue weighted by molar-refractivity contribution is 8.18. The summed E-state index contributed by atoms with van der Waals surface area (Å²) in [6.45, 7) is 7.51. The number of carbonyl (C=O) groups is 2. The predicted octanol–water partition coefficient (Wildman–Crippen LogP) is 10.8. The molecule has 72 heavy (non-hydrogen) atoms. The van der Waals surface area contributed by atoms with Crippen LogP contribution in [0.15, 0.2) is 169 Å². The molecular formula is C57H50FN5O8S. The zero-order valence-electron chi connectivity index (χ0n) is 39.9. The standard InChI is InChI=1S/C26H18FN3O3.C19H19NO2S.C11H11NO.CH2O2/c1-14-22(18-6-4-9-28-26(18)32)23-21(12-19(27)17-8-10-33-24(17)23)30(14)13-16-11-15-5-2-3-7-20(15)29-25(16)31;1-12-6-7-14-8-10-23(3)18-15(5-4-9-20-18)17(16(12)11-14)13(2)19(21)22;1-2-8-7-9-5-3-4-6-10(9)12-11(8)13;2-1-3/h2-12H,13H2,1H3,(H,28,32)(H,29,31);4-11,20H,1-3H3,(H,21,22);3-7H,2H2,1H3,(H,12,13);1H,(H,2,3)/b;10-8-,17-13+;;. The normalized spacial score (nSPS) is 15.2. The topological polar surface area (TPSA) is 203 Å². The lowest BCUT2D eigenvalue weighted by atomic mass is 9.88. The van der Waals surface area contributed by atoms with Gasteiger partial charge in [0.2, 0.25) is 0 Å². The van der Waals surface area contributed by atoms with E-state index in [9.17, 15) is 28.7 Å². The minimum Gasteiger partial charge on any atom is -0.483 e. The number of para-hydroxylation sites is 2. The fraction of sp³-hybridized carbons (Fsp3) is 0.123. The third-order valence-electron chi connectivity index (χ3n) is 12.5. The third kappa shape index (κ3) is 9.96. The Morgan fingerprint density at radius 3 is 2.18 bits per heavy atom. The molecule has 7 heterocycles. The maximum Gasteiger partial charge on any atom is 0.331 e. The van der Waals surface area contributed by atoms with Gasteiger partial charge in [-0.05, 0) is 133 Å². The van der Waals surface area contributed by atoms with Crippen LogP contribution in [0, 0.1) is 19.7 Å². The monoisotopic (exact) mass is 983 g/mol. The van der Waals surface area contributed by atoms with Crippen molar-refractivity contribution in [2.24, 2.45) is 0 Å². The number of pyridine rings is 3. The number of allylic oxidation sites excluding steroid dienone is 2. The van der Waals surface area contributed by atoms with Gasteiger partial charge in [-0.2, -0.15) is 0 Å². The van der Waals surface area contributed by atoms with E-state index in [1.54, 1.807) is 31.3 Å². The number of carboxylic acids is 1. The fourth-order valence-corrected chi connectivity index (χ4v) is 10.2. The van der Waals surface area contributed by atoms with Crippen molar-refractivity contribution in [1.29, 1.82) is 0 Å². The van der Waals surface area contributed by atoms with E-state index in [2.05, 4.69) is 56.2 Å².